The van der Waals surface area contributed by atoms with E-state index in [1.54, 1.807) is 6.33 Å². The van der Waals surface area contributed by atoms with Gasteiger partial charge in [-0.25, -0.2) is 4.98 Å². The summed E-state index contributed by atoms with van der Waals surface area (Å²) in [6.07, 6.45) is 5.14. The van der Waals surface area contributed by atoms with Crippen LogP contribution in [0.4, 0.5) is 0 Å². The van der Waals surface area contributed by atoms with Crippen LogP contribution in [0.1, 0.15) is 53.7 Å². The largest absolute Gasteiger partial charge is 0.348 e. The molecule has 0 bridgehead atoms. The molecule has 18 heavy (non-hydrogen) atoms. The number of aromatic amines is 1. The highest BCUT2D eigenvalue weighted by Crippen LogP contribution is 2.31. The zero-order valence-corrected chi connectivity index (χ0v) is 12.5. The van der Waals surface area contributed by atoms with Gasteiger partial charge in [0.05, 0.1) is 6.33 Å². The first-order chi connectivity index (χ1) is 8.09. The van der Waals surface area contributed by atoms with Crippen LogP contribution in [-0.2, 0) is 11.2 Å². The first kappa shape index (κ1) is 14.9. The van der Waals surface area contributed by atoms with Gasteiger partial charge in [0.1, 0.15) is 5.78 Å². The topological polar surface area (TPSA) is 45.8 Å². The molecular formula is C15H26N2O. The normalized spacial score (nSPS) is 14.6. The molecule has 1 N–H and O–H groups in total. The molecule has 0 aromatic carbocycles. The van der Waals surface area contributed by atoms with Gasteiger partial charge in [-0.05, 0) is 18.3 Å². The molecule has 0 aliphatic heterocycles. The number of hydrogen-bond acceptors (Lipinski definition) is 2. The third kappa shape index (κ3) is 4.63. The van der Waals surface area contributed by atoms with Gasteiger partial charge in [-0.2, -0.15) is 0 Å². The van der Waals surface area contributed by atoms with Crippen molar-refractivity contribution in [1.82, 2.24) is 9.97 Å². The Morgan fingerprint density at radius 3 is 2.28 bits per heavy atom. The molecular weight excluding hydrogens is 224 g/mol. The van der Waals surface area contributed by atoms with Crippen molar-refractivity contribution in [3.05, 3.63) is 18.2 Å². The predicted molar refractivity (Wildman–Crippen MR) is 74.3 cm³/mol. The minimum absolute atomic E-state index is 0.0606. The highest BCUT2D eigenvalue weighted by atomic mass is 16.1. The Hall–Kier alpha value is -1.12. The number of nitrogens with zero attached hydrogens (tertiary/aromatic N) is 1. The summed E-state index contributed by atoms with van der Waals surface area (Å²) in [5.41, 5.74) is 0.920. The van der Waals surface area contributed by atoms with Crippen LogP contribution in [0.5, 0.6) is 0 Å². The molecule has 0 aliphatic rings. The Kier molecular flexibility index (Phi) is 4.36. The van der Waals surface area contributed by atoms with E-state index in [2.05, 4.69) is 30.7 Å². The Bertz CT molecular complexity index is 380. The number of carbonyl (C=O) groups is 1. The first-order valence-electron chi connectivity index (χ1n) is 6.61. The number of ketones is 1. The quantitative estimate of drug-likeness (QED) is 0.887. The number of carbonyl (C=O) groups excluding carboxylic acids is 1. The van der Waals surface area contributed by atoms with Crippen LogP contribution in [0, 0.1) is 16.7 Å². The summed E-state index contributed by atoms with van der Waals surface area (Å²) in [5.74, 6) is 0.400. The van der Waals surface area contributed by atoms with E-state index in [4.69, 9.17) is 0 Å². The van der Waals surface area contributed by atoms with Gasteiger partial charge in [-0.1, -0.05) is 41.5 Å². The second kappa shape index (κ2) is 5.25. The fourth-order valence-corrected chi connectivity index (χ4v) is 2.27. The number of imidazole rings is 1. The molecule has 1 unspecified atom stereocenters. The molecule has 0 amide bonds. The molecule has 1 rings (SSSR count). The summed E-state index contributed by atoms with van der Waals surface area (Å²) in [6, 6.07) is 0. The minimum atomic E-state index is -0.282. The van der Waals surface area contributed by atoms with Gasteiger partial charge in [0, 0.05) is 23.2 Å². The molecule has 0 radical (unpaired) electrons. The lowest BCUT2D eigenvalue weighted by Crippen LogP contribution is -2.32. The smallest absolute Gasteiger partial charge is 0.141 e. The van der Waals surface area contributed by atoms with Crippen LogP contribution in [0.15, 0.2) is 12.5 Å². The van der Waals surface area contributed by atoms with Gasteiger partial charge in [-0.15, -0.1) is 0 Å². The third-order valence-electron chi connectivity index (χ3n) is 2.99. The Balaban J connectivity index is 2.85. The van der Waals surface area contributed by atoms with Crippen LogP contribution < -0.4 is 0 Å². The summed E-state index contributed by atoms with van der Waals surface area (Å²) in [5, 5.41) is 0. The second-order valence-corrected chi connectivity index (χ2v) is 7.36. The van der Waals surface area contributed by atoms with E-state index in [1.807, 2.05) is 27.0 Å². The summed E-state index contributed by atoms with van der Waals surface area (Å²) in [4.78, 5) is 19.7. The van der Waals surface area contributed by atoms with E-state index < -0.39 is 0 Å². The highest BCUT2D eigenvalue weighted by Gasteiger charge is 2.32. The Labute approximate surface area is 110 Å². The van der Waals surface area contributed by atoms with Gasteiger partial charge in [0.15, 0.2) is 0 Å². The molecule has 1 aromatic heterocycles. The van der Waals surface area contributed by atoms with Crippen molar-refractivity contribution in [2.45, 2.75) is 54.4 Å². The maximum atomic E-state index is 12.5. The SMILES string of the molecule is CC(C)(C)CC(Cc1cnc[nH]1)C(=O)C(C)(C)C. The summed E-state index contributed by atoms with van der Waals surface area (Å²) in [6.45, 7) is 12.5. The number of nitrogens with one attached hydrogen (secondary N) is 1. The van der Waals surface area contributed by atoms with Crippen molar-refractivity contribution in [2.75, 3.05) is 0 Å². The van der Waals surface area contributed by atoms with Crippen LogP contribution in [0.25, 0.3) is 0 Å². The monoisotopic (exact) mass is 250 g/mol. The molecule has 1 atom stereocenters. The average molecular weight is 250 g/mol. The van der Waals surface area contributed by atoms with E-state index in [1.165, 1.54) is 0 Å². The summed E-state index contributed by atoms with van der Waals surface area (Å²) >= 11 is 0. The number of hydrogen-bond donors (Lipinski definition) is 1. The lowest BCUT2D eigenvalue weighted by atomic mass is 9.74. The number of H-pyrrole nitrogens is 1. The zero-order valence-electron chi connectivity index (χ0n) is 12.5. The molecule has 3 nitrogen and oxygen atoms in total. The third-order valence-corrected chi connectivity index (χ3v) is 2.99. The van der Waals surface area contributed by atoms with E-state index in [-0.39, 0.29) is 16.7 Å². The van der Waals surface area contributed by atoms with Crippen molar-refractivity contribution >= 4 is 5.78 Å². The van der Waals surface area contributed by atoms with Gasteiger partial charge >= 0.3 is 0 Å². The first-order valence-corrected chi connectivity index (χ1v) is 6.61. The molecule has 102 valence electrons. The van der Waals surface area contributed by atoms with E-state index in [0.29, 0.717) is 5.78 Å². The maximum absolute atomic E-state index is 12.5. The number of aromatic nitrogens is 2. The van der Waals surface area contributed by atoms with Crippen LogP contribution >= 0.6 is 0 Å². The second-order valence-electron chi connectivity index (χ2n) is 7.36. The fourth-order valence-electron chi connectivity index (χ4n) is 2.27. The molecule has 0 saturated carbocycles. The molecule has 0 saturated heterocycles. The van der Waals surface area contributed by atoms with Gasteiger partial charge < -0.3 is 4.98 Å². The highest BCUT2D eigenvalue weighted by molar-refractivity contribution is 5.86. The predicted octanol–water partition coefficient (Wildman–Crippen LogP) is 3.62. The molecule has 1 aromatic rings. The number of Topliss-reactive ketones (excluding diaryl/α,β-unsaturated/α-hetero) is 1. The average Bonchev–Trinajstić information content (AvgIpc) is 2.64. The van der Waals surface area contributed by atoms with E-state index in [9.17, 15) is 4.79 Å². The summed E-state index contributed by atoms with van der Waals surface area (Å²) in [7, 11) is 0. The van der Waals surface area contributed by atoms with E-state index >= 15 is 0 Å². The lowest BCUT2D eigenvalue weighted by molar-refractivity contribution is -0.131. The fraction of sp³-hybridized carbons (Fsp3) is 0.733. The molecule has 0 spiro atoms. The molecule has 0 aliphatic carbocycles. The van der Waals surface area contributed by atoms with Crippen LogP contribution in [0.3, 0.4) is 0 Å². The van der Waals surface area contributed by atoms with Crippen molar-refractivity contribution < 1.29 is 4.79 Å². The Morgan fingerprint density at radius 1 is 1.28 bits per heavy atom. The van der Waals surface area contributed by atoms with E-state index in [0.717, 1.165) is 18.5 Å². The van der Waals surface area contributed by atoms with Crippen LogP contribution in [-0.4, -0.2) is 15.8 Å². The maximum Gasteiger partial charge on any atom is 0.141 e. The molecule has 1 heterocycles. The minimum Gasteiger partial charge on any atom is -0.348 e. The lowest BCUT2D eigenvalue weighted by Gasteiger charge is -2.29. The molecule has 0 fully saturated rings. The van der Waals surface area contributed by atoms with Gasteiger partial charge in [-0.3, -0.25) is 4.79 Å². The van der Waals surface area contributed by atoms with Crippen molar-refractivity contribution in [3.63, 3.8) is 0 Å². The standard InChI is InChI=1S/C15H26N2O/c1-14(2,3)8-11(13(18)15(4,5)6)7-12-9-16-10-17-12/h9-11H,7-8H2,1-6H3,(H,16,17). The Morgan fingerprint density at radius 2 is 1.89 bits per heavy atom. The van der Waals surface area contributed by atoms with Crippen LogP contribution in [0.2, 0.25) is 0 Å². The van der Waals surface area contributed by atoms with Gasteiger partial charge in [0.25, 0.3) is 0 Å². The number of rotatable bonds is 4. The zero-order chi connectivity index (χ0) is 14.0. The van der Waals surface area contributed by atoms with Crippen molar-refractivity contribution in [2.24, 2.45) is 16.7 Å². The summed E-state index contributed by atoms with van der Waals surface area (Å²) < 4.78 is 0. The van der Waals surface area contributed by atoms with Crippen molar-refractivity contribution in [3.8, 4) is 0 Å². The molecule has 3 heteroatoms. The van der Waals surface area contributed by atoms with Crippen molar-refractivity contribution in [1.29, 1.82) is 0 Å². The van der Waals surface area contributed by atoms with Gasteiger partial charge in [0.2, 0.25) is 0 Å².